The first kappa shape index (κ1) is 13.7. The van der Waals surface area contributed by atoms with Gasteiger partial charge in [-0.3, -0.25) is 0 Å². The van der Waals surface area contributed by atoms with Crippen molar-refractivity contribution in [3.05, 3.63) is 23.3 Å². The Morgan fingerprint density at radius 1 is 1.26 bits per heavy atom. The lowest BCUT2D eigenvalue weighted by atomic mass is 10.1. The molecule has 2 rings (SSSR count). The van der Waals surface area contributed by atoms with E-state index in [1.54, 1.807) is 14.2 Å². The summed E-state index contributed by atoms with van der Waals surface area (Å²) in [5.74, 6) is 2.50. The van der Waals surface area contributed by atoms with Crippen LogP contribution in [0.4, 0.5) is 0 Å². The Morgan fingerprint density at radius 3 is 2.53 bits per heavy atom. The van der Waals surface area contributed by atoms with E-state index >= 15 is 0 Å². The van der Waals surface area contributed by atoms with Gasteiger partial charge in [-0.2, -0.15) is 0 Å². The third kappa shape index (κ3) is 2.67. The van der Waals surface area contributed by atoms with Crippen LogP contribution in [-0.2, 0) is 4.74 Å². The number of benzene rings is 1. The van der Waals surface area contributed by atoms with Gasteiger partial charge < -0.3 is 14.2 Å². The largest absolute Gasteiger partial charge is 0.493 e. The van der Waals surface area contributed by atoms with Gasteiger partial charge in [-0.05, 0) is 30.5 Å². The van der Waals surface area contributed by atoms with Gasteiger partial charge >= 0.3 is 0 Å². The molecule has 0 aromatic heterocycles. The summed E-state index contributed by atoms with van der Waals surface area (Å²) in [5.41, 5.74) is 1.95. The van der Waals surface area contributed by atoms with Gasteiger partial charge in [-0.15, -0.1) is 0 Å². The fourth-order valence-electron chi connectivity index (χ4n) is 2.14. The predicted octanol–water partition coefficient (Wildman–Crippen LogP) is 2.81. The third-order valence-corrected chi connectivity index (χ3v) is 3.30. The van der Waals surface area contributed by atoms with Crippen molar-refractivity contribution in [2.75, 3.05) is 20.8 Å². The summed E-state index contributed by atoms with van der Waals surface area (Å²) in [5, 5.41) is 0. The maximum absolute atomic E-state index is 5.72. The van der Waals surface area contributed by atoms with Gasteiger partial charge in [-0.25, -0.2) is 4.99 Å². The Labute approximate surface area is 114 Å². The molecule has 0 bridgehead atoms. The molecule has 0 unspecified atom stereocenters. The number of rotatable bonds is 4. The van der Waals surface area contributed by atoms with Gasteiger partial charge in [0.2, 0.25) is 5.90 Å². The van der Waals surface area contributed by atoms with Crippen LogP contribution in [0, 0.1) is 12.8 Å². The molecule has 1 atom stereocenters. The Bertz CT molecular complexity index is 494. The van der Waals surface area contributed by atoms with E-state index in [1.165, 1.54) is 0 Å². The van der Waals surface area contributed by atoms with E-state index in [0.29, 0.717) is 29.9 Å². The van der Waals surface area contributed by atoms with Crippen molar-refractivity contribution in [1.29, 1.82) is 0 Å². The van der Waals surface area contributed by atoms with Crippen LogP contribution in [0.1, 0.15) is 25.0 Å². The van der Waals surface area contributed by atoms with Gasteiger partial charge in [0, 0.05) is 0 Å². The molecule has 1 aliphatic rings. The second kappa shape index (κ2) is 5.51. The highest BCUT2D eigenvalue weighted by atomic mass is 16.5. The Morgan fingerprint density at radius 2 is 2.00 bits per heavy atom. The van der Waals surface area contributed by atoms with Gasteiger partial charge in [0.25, 0.3) is 0 Å². The standard InChI is InChI=1S/C15H21NO3/c1-9(2)12-8-19-15(16-12)11-6-10(3)7-13(17-4)14(11)18-5/h6-7,9,12H,8H2,1-5H3/t12-/m1/s1. The molecule has 1 aliphatic heterocycles. The minimum atomic E-state index is 0.214. The van der Waals surface area contributed by atoms with Crippen molar-refractivity contribution in [2.45, 2.75) is 26.8 Å². The molecule has 4 heteroatoms. The lowest BCUT2D eigenvalue weighted by Gasteiger charge is -2.13. The molecular formula is C15H21NO3. The topological polar surface area (TPSA) is 40.0 Å². The molecule has 1 heterocycles. The van der Waals surface area contributed by atoms with Crippen LogP contribution in [0.3, 0.4) is 0 Å². The summed E-state index contributed by atoms with van der Waals surface area (Å²) in [7, 11) is 3.27. The fourth-order valence-corrected chi connectivity index (χ4v) is 2.14. The molecule has 104 valence electrons. The zero-order chi connectivity index (χ0) is 14.0. The molecule has 0 amide bonds. The van der Waals surface area contributed by atoms with Crippen LogP contribution in [0.2, 0.25) is 0 Å². The third-order valence-electron chi connectivity index (χ3n) is 3.30. The summed E-state index contributed by atoms with van der Waals surface area (Å²) in [6, 6.07) is 4.17. The molecule has 4 nitrogen and oxygen atoms in total. The molecule has 1 aromatic rings. The molecule has 0 aliphatic carbocycles. The van der Waals surface area contributed by atoms with Crippen LogP contribution in [-0.4, -0.2) is 32.8 Å². The van der Waals surface area contributed by atoms with E-state index < -0.39 is 0 Å². The smallest absolute Gasteiger partial charge is 0.220 e. The predicted molar refractivity (Wildman–Crippen MR) is 75.4 cm³/mol. The number of hydrogen-bond acceptors (Lipinski definition) is 4. The van der Waals surface area contributed by atoms with Gasteiger partial charge in [0.15, 0.2) is 11.5 Å². The molecule has 0 fully saturated rings. The first-order valence-corrected chi connectivity index (χ1v) is 6.50. The maximum Gasteiger partial charge on any atom is 0.220 e. The van der Waals surface area contributed by atoms with E-state index in [-0.39, 0.29) is 6.04 Å². The van der Waals surface area contributed by atoms with Gasteiger partial charge in [0.1, 0.15) is 6.61 Å². The summed E-state index contributed by atoms with van der Waals surface area (Å²) >= 11 is 0. The highest BCUT2D eigenvalue weighted by molar-refractivity contribution is 5.99. The Kier molecular flexibility index (Phi) is 3.98. The number of methoxy groups -OCH3 is 2. The second-order valence-electron chi connectivity index (χ2n) is 5.10. The summed E-state index contributed by atoms with van der Waals surface area (Å²) < 4.78 is 16.5. The molecule has 0 radical (unpaired) electrons. The van der Waals surface area contributed by atoms with Gasteiger partial charge in [-0.1, -0.05) is 13.8 Å². The molecule has 1 aromatic carbocycles. The minimum absolute atomic E-state index is 0.214. The first-order valence-electron chi connectivity index (χ1n) is 6.50. The van der Waals surface area contributed by atoms with Gasteiger partial charge in [0.05, 0.1) is 25.8 Å². The summed E-state index contributed by atoms with van der Waals surface area (Å²) in [6.07, 6.45) is 0. The maximum atomic E-state index is 5.72. The second-order valence-corrected chi connectivity index (χ2v) is 5.10. The number of hydrogen-bond donors (Lipinski definition) is 0. The van der Waals surface area contributed by atoms with Crippen molar-refractivity contribution >= 4 is 5.90 Å². The van der Waals surface area contributed by atoms with Crippen LogP contribution < -0.4 is 9.47 Å². The molecular weight excluding hydrogens is 242 g/mol. The lowest BCUT2D eigenvalue weighted by molar-refractivity contribution is 0.290. The molecule has 19 heavy (non-hydrogen) atoms. The van der Waals surface area contributed by atoms with Crippen LogP contribution in [0.25, 0.3) is 0 Å². The lowest BCUT2D eigenvalue weighted by Crippen LogP contribution is -2.13. The van der Waals surface area contributed by atoms with E-state index in [0.717, 1.165) is 11.1 Å². The number of aryl methyl sites for hydroxylation is 1. The monoisotopic (exact) mass is 263 g/mol. The number of ether oxygens (including phenoxy) is 3. The minimum Gasteiger partial charge on any atom is -0.493 e. The highest BCUT2D eigenvalue weighted by Gasteiger charge is 2.26. The number of nitrogens with zero attached hydrogens (tertiary/aromatic N) is 1. The van der Waals surface area contributed by atoms with Crippen molar-refractivity contribution < 1.29 is 14.2 Å². The van der Waals surface area contributed by atoms with Crippen molar-refractivity contribution in [2.24, 2.45) is 10.9 Å². The van der Waals surface area contributed by atoms with Crippen LogP contribution >= 0.6 is 0 Å². The van der Waals surface area contributed by atoms with E-state index in [2.05, 4.69) is 18.8 Å². The molecule has 0 saturated heterocycles. The average molecular weight is 263 g/mol. The van der Waals surface area contributed by atoms with E-state index in [9.17, 15) is 0 Å². The van der Waals surface area contributed by atoms with Crippen LogP contribution in [0.5, 0.6) is 11.5 Å². The van der Waals surface area contributed by atoms with E-state index in [1.807, 2.05) is 19.1 Å². The Hall–Kier alpha value is -1.71. The first-order chi connectivity index (χ1) is 9.06. The van der Waals surface area contributed by atoms with Crippen molar-refractivity contribution in [3.63, 3.8) is 0 Å². The van der Waals surface area contributed by atoms with Crippen molar-refractivity contribution in [1.82, 2.24) is 0 Å². The normalized spacial score (nSPS) is 18.2. The Balaban J connectivity index is 2.45. The SMILES string of the molecule is COc1cc(C)cc(C2=N[C@@H](C(C)C)CO2)c1OC. The zero-order valence-electron chi connectivity index (χ0n) is 12.2. The molecule has 0 spiro atoms. The highest BCUT2D eigenvalue weighted by Crippen LogP contribution is 2.34. The summed E-state index contributed by atoms with van der Waals surface area (Å²) in [4.78, 5) is 4.64. The average Bonchev–Trinajstić information content (AvgIpc) is 2.87. The van der Waals surface area contributed by atoms with Crippen molar-refractivity contribution in [3.8, 4) is 11.5 Å². The number of aliphatic imine (C=N–C) groups is 1. The zero-order valence-corrected chi connectivity index (χ0v) is 12.2. The fraction of sp³-hybridized carbons (Fsp3) is 0.533. The van der Waals surface area contributed by atoms with E-state index in [4.69, 9.17) is 14.2 Å². The summed E-state index contributed by atoms with van der Waals surface area (Å²) in [6.45, 7) is 6.94. The quantitative estimate of drug-likeness (QED) is 0.838. The molecule has 0 saturated carbocycles. The van der Waals surface area contributed by atoms with Crippen LogP contribution in [0.15, 0.2) is 17.1 Å². The molecule has 0 N–H and O–H groups in total.